The van der Waals surface area contributed by atoms with Gasteiger partial charge in [-0.05, 0) is 19.3 Å². The Hall–Kier alpha value is -0.740. The molecule has 1 fully saturated rings. The maximum Gasteiger partial charge on any atom is 0.248 e. The van der Waals surface area contributed by atoms with Crippen LogP contribution in [-0.2, 0) is 4.79 Å². The van der Waals surface area contributed by atoms with E-state index in [2.05, 4.69) is 4.99 Å². The average molecular weight is 213 g/mol. The molecule has 0 aliphatic heterocycles. The molecule has 0 radical (unpaired) electrons. The van der Waals surface area contributed by atoms with Gasteiger partial charge in [0.2, 0.25) is 5.91 Å². The molecule has 0 spiro atoms. The number of rotatable bonds is 4. The molecule has 86 valence electrons. The summed E-state index contributed by atoms with van der Waals surface area (Å²) >= 11 is 0. The zero-order valence-corrected chi connectivity index (χ0v) is 8.93. The Morgan fingerprint density at radius 1 is 1.33 bits per heavy atom. The summed E-state index contributed by atoms with van der Waals surface area (Å²) in [5, 5.41) is 17.2. The minimum Gasteiger partial charge on any atom is -0.368 e. The molecular weight excluding hydrogens is 194 g/mol. The quantitative estimate of drug-likeness (QED) is 0.545. The van der Waals surface area contributed by atoms with Gasteiger partial charge < -0.3 is 10.2 Å². The van der Waals surface area contributed by atoms with Crippen molar-refractivity contribution >= 4 is 12.1 Å². The monoisotopic (exact) mass is 213 g/mol. The van der Waals surface area contributed by atoms with Gasteiger partial charge in [-0.25, -0.2) is 4.99 Å². The van der Waals surface area contributed by atoms with Gasteiger partial charge >= 0.3 is 0 Å². The van der Waals surface area contributed by atoms with E-state index in [1.165, 1.54) is 12.6 Å². The van der Waals surface area contributed by atoms with Crippen molar-refractivity contribution in [3.8, 4) is 0 Å². The molecule has 4 heteroatoms. The van der Waals surface area contributed by atoms with Gasteiger partial charge in [0.25, 0.3) is 0 Å². The maximum atomic E-state index is 11.5. The lowest BCUT2D eigenvalue weighted by atomic mass is 9.89. The highest BCUT2D eigenvalue weighted by Gasteiger charge is 2.19. The maximum absolute atomic E-state index is 11.5. The third-order valence-corrected chi connectivity index (χ3v) is 2.73. The summed E-state index contributed by atoms with van der Waals surface area (Å²) in [7, 11) is 0. The molecule has 0 unspecified atom stereocenters. The fourth-order valence-corrected chi connectivity index (χ4v) is 1.83. The normalized spacial score (nSPS) is 18.9. The van der Waals surface area contributed by atoms with E-state index >= 15 is 0 Å². The zero-order valence-electron chi connectivity index (χ0n) is 8.93. The van der Waals surface area contributed by atoms with Crippen molar-refractivity contribution in [3.05, 3.63) is 0 Å². The first-order chi connectivity index (χ1) is 7.20. The molecule has 0 aromatic carbocycles. The number of hydrogen-bond acceptors (Lipinski definition) is 3. The zero-order chi connectivity index (χ0) is 11.1. The Bertz CT molecular complexity index is 220. The summed E-state index contributed by atoms with van der Waals surface area (Å²) in [6.07, 6.45) is 6.26. The van der Waals surface area contributed by atoms with E-state index in [1.54, 1.807) is 0 Å². The molecule has 1 aliphatic carbocycles. The van der Waals surface area contributed by atoms with Crippen molar-refractivity contribution in [2.75, 3.05) is 0 Å². The second kappa shape index (κ2) is 6.69. The van der Waals surface area contributed by atoms with Crippen LogP contribution < -0.4 is 0 Å². The summed E-state index contributed by atoms with van der Waals surface area (Å²) in [6, 6.07) is 0. The number of hydrogen-bond donors (Lipinski definition) is 2. The van der Waals surface area contributed by atoms with Crippen LogP contribution in [0.25, 0.3) is 0 Å². The third-order valence-electron chi connectivity index (χ3n) is 2.73. The van der Waals surface area contributed by atoms with Crippen LogP contribution in [0.5, 0.6) is 0 Å². The lowest BCUT2D eigenvalue weighted by Gasteiger charge is -2.17. The van der Waals surface area contributed by atoms with Gasteiger partial charge in [0.05, 0.1) is 0 Å². The number of aliphatic hydroxyl groups is 2. The Morgan fingerprint density at radius 3 is 2.60 bits per heavy atom. The van der Waals surface area contributed by atoms with Gasteiger partial charge in [0.15, 0.2) is 6.29 Å². The van der Waals surface area contributed by atoms with Crippen LogP contribution in [0, 0.1) is 5.92 Å². The Labute approximate surface area is 90.0 Å². The number of carbonyl (C=O) groups is 1. The third kappa shape index (κ3) is 5.04. The van der Waals surface area contributed by atoms with E-state index in [0.717, 1.165) is 25.7 Å². The molecule has 0 aromatic heterocycles. The number of aliphatic hydroxyl groups excluding tert-OH is 1. The van der Waals surface area contributed by atoms with Crippen molar-refractivity contribution in [2.24, 2.45) is 10.9 Å². The van der Waals surface area contributed by atoms with E-state index in [4.69, 9.17) is 10.2 Å². The fraction of sp³-hybridized carbons (Fsp3) is 0.818. The van der Waals surface area contributed by atoms with Crippen LogP contribution in [0.4, 0.5) is 0 Å². The van der Waals surface area contributed by atoms with E-state index < -0.39 is 6.29 Å². The predicted octanol–water partition coefficient (Wildman–Crippen LogP) is 1.25. The highest BCUT2D eigenvalue weighted by molar-refractivity contribution is 5.86. The number of carbonyl (C=O) groups excluding carboxylic acids is 1. The van der Waals surface area contributed by atoms with Crippen LogP contribution in [0.2, 0.25) is 0 Å². The van der Waals surface area contributed by atoms with E-state index in [9.17, 15) is 4.79 Å². The molecule has 0 heterocycles. The number of amides is 1. The van der Waals surface area contributed by atoms with Gasteiger partial charge in [-0.2, -0.15) is 0 Å². The Kier molecular flexibility index (Phi) is 5.50. The van der Waals surface area contributed by atoms with Crippen molar-refractivity contribution in [1.29, 1.82) is 0 Å². The lowest BCUT2D eigenvalue weighted by Crippen LogP contribution is -2.15. The van der Waals surface area contributed by atoms with Crippen LogP contribution in [0.15, 0.2) is 4.99 Å². The second-order valence-electron chi connectivity index (χ2n) is 4.04. The second-order valence-corrected chi connectivity index (χ2v) is 4.04. The standard InChI is InChI=1S/C11H19NO3/c13-10(14)7-4-8-12-11(15)9-5-2-1-3-6-9/h8-10,13-14H,1-7H2. The summed E-state index contributed by atoms with van der Waals surface area (Å²) in [6.45, 7) is 0. The van der Waals surface area contributed by atoms with Gasteiger partial charge in [0.1, 0.15) is 0 Å². The molecule has 1 rings (SSSR count). The minimum atomic E-state index is -1.30. The molecule has 0 saturated heterocycles. The van der Waals surface area contributed by atoms with E-state index in [1.807, 2.05) is 0 Å². The average Bonchev–Trinajstić information content (AvgIpc) is 2.25. The molecule has 0 aromatic rings. The van der Waals surface area contributed by atoms with Crippen LogP contribution >= 0.6 is 0 Å². The molecular formula is C11H19NO3. The van der Waals surface area contributed by atoms with Gasteiger partial charge in [0, 0.05) is 18.6 Å². The fourth-order valence-electron chi connectivity index (χ4n) is 1.83. The van der Waals surface area contributed by atoms with E-state index in [0.29, 0.717) is 6.42 Å². The van der Waals surface area contributed by atoms with Gasteiger partial charge in [-0.15, -0.1) is 0 Å². The molecule has 2 N–H and O–H groups in total. The summed E-state index contributed by atoms with van der Waals surface area (Å²) in [5.41, 5.74) is 0. The summed E-state index contributed by atoms with van der Waals surface area (Å²) in [4.78, 5) is 15.4. The first-order valence-corrected chi connectivity index (χ1v) is 5.62. The molecule has 15 heavy (non-hydrogen) atoms. The minimum absolute atomic E-state index is 0.0397. The topological polar surface area (TPSA) is 69.9 Å². The number of aliphatic imine (C=N–C) groups is 1. The van der Waals surface area contributed by atoms with Crippen molar-refractivity contribution in [3.63, 3.8) is 0 Å². The van der Waals surface area contributed by atoms with E-state index in [-0.39, 0.29) is 18.2 Å². The molecule has 0 bridgehead atoms. The number of nitrogens with zero attached hydrogens (tertiary/aromatic N) is 1. The smallest absolute Gasteiger partial charge is 0.248 e. The Balaban J connectivity index is 2.21. The summed E-state index contributed by atoms with van der Waals surface area (Å²) in [5.74, 6) is 0.0659. The van der Waals surface area contributed by atoms with Crippen LogP contribution in [-0.4, -0.2) is 28.6 Å². The van der Waals surface area contributed by atoms with Gasteiger partial charge in [-0.3, -0.25) is 4.79 Å². The van der Waals surface area contributed by atoms with Crippen molar-refractivity contribution in [2.45, 2.75) is 51.2 Å². The first-order valence-electron chi connectivity index (χ1n) is 5.62. The molecule has 4 nitrogen and oxygen atoms in total. The molecule has 1 amide bonds. The van der Waals surface area contributed by atoms with Crippen molar-refractivity contribution < 1.29 is 15.0 Å². The molecule has 0 atom stereocenters. The highest BCUT2D eigenvalue weighted by atomic mass is 16.5. The SMILES string of the molecule is O=C(N=CCCC(O)O)C1CCCCC1. The predicted molar refractivity (Wildman–Crippen MR) is 57.5 cm³/mol. The summed E-state index contributed by atoms with van der Waals surface area (Å²) < 4.78 is 0. The molecule has 1 aliphatic rings. The van der Waals surface area contributed by atoms with Crippen LogP contribution in [0.1, 0.15) is 44.9 Å². The first kappa shape index (κ1) is 12.3. The highest BCUT2D eigenvalue weighted by Crippen LogP contribution is 2.24. The Morgan fingerprint density at radius 2 is 2.00 bits per heavy atom. The lowest BCUT2D eigenvalue weighted by molar-refractivity contribution is -0.122. The molecule has 1 saturated carbocycles. The van der Waals surface area contributed by atoms with Crippen LogP contribution in [0.3, 0.4) is 0 Å². The van der Waals surface area contributed by atoms with Crippen molar-refractivity contribution in [1.82, 2.24) is 0 Å². The largest absolute Gasteiger partial charge is 0.368 e. The van der Waals surface area contributed by atoms with Gasteiger partial charge in [-0.1, -0.05) is 19.3 Å².